The maximum Gasteiger partial charge on any atom is 0.130 e. The number of nitrogens with two attached hydrogens (primary N) is 1. The molecule has 102 valence electrons. The fraction of sp³-hybridized carbons (Fsp3) is 0.0714. The molecule has 0 spiro atoms. The van der Waals surface area contributed by atoms with Crippen molar-refractivity contribution in [2.45, 2.75) is 0 Å². The van der Waals surface area contributed by atoms with Gasteiger partial charge in [-0.2, -0.15) is 5.10 Å². The first-order valence-electron chi connectivity index (χ1n) is 5.89. The van der Waals surface area contributed by atoms with E-state index in [1.54, 1.807) is 42.5 Å². The van der Waals surface area contributed by atoms with Crippen molar-refractivity contribution >= 4 is 29.0 Å². The molecule has 20 heavy (non-hydrogen) atoms. The molecule has 0 radical (unpaired) electrons. The number of hydrogen-bond donors (Lipinski definition) is 1. The van der Waals surface area contributed by atoms with Crippen molar-refractivity contribution in [3.05, 3.63) is 46.8 Å². The van der Waals surface area contributed by atoms with Crippen LogP contribution in [0.4, 0.5) is 5.82 Å². The highest BCUT2D eigenvalue weighted by Gasteiger charge is 2.22. The van der Waals surface area contributed by atoms with Crippen LogP contribution in [0.5, 0.6) is 0 Å². The molecule has 6 heteroatoms. The van der Waals surface area contributed by atoms with E-state index in [4.69, 9.17) is 33.4 Å². The molecule has 4 nitrogen and oxygen atoms in total. The maximum atomic E-state index is 6.28. The van der Waals surface area contributed by atoms with Crippen LogP contribution in [0.3, 0.4) is 0 Å². The molecule has 2 N–H and O–H groups in total. The Morgan fingerprint density at radius 2 is 1.85 bits per heavy atom. The van der Waals surface area contributed by atoms with Gasteiger partial charge in [-0.05, 0) is 18.2 Å². The molecular weight excluding hydrogens is 297 g/mol. The highest BCUT2D eigenvalue weighted by molar-refractivity contribution is 6.39. The number of benzene rings is 1. The van der Waals surface area contributed by atoms with Crippen molar-refractivity contribution in [3.63, 3.8) is 0 Å². The van der Waals surface area contributed by atoms with Crippen LogP contribution in [0.15, 0.2) is 41.2 Å². The Balaban J connectivity index is 2.34. The molecule has 1 aromatic carbocycles. The summed E-state index contributed by atoms with van der Waals surface area (Å²) in [5.74, 6) is 0.496. The number of aryl methyl sites for hydroxylation is 1. The van der Waals surface area contributed by atoms with E-state index >= 15 is 0 Å². The third kappa shape index (κ3) is 1.97. The first-order chi connectivity index (χ1) is 9.59. The summed E-state index contributed by atoms with van der Waals surface area (Å²) in [5.41, 5.74) is 9.03. The minimum absolute atomic E-state index is 0.496. The van der Waals surface area contributed by atoms with Gasteiger partial charge in [-0.25, -0.2) is 0 Å². The van der Waals surface area contributed by atoms with E-state index in [2.05, 4.69) is 5.10 Å². The monoisotopic (exact) mass is 307 g/mol. The van der Waals surface area contributed by atoms with Crippen LogP contribution in [0.1, 0.15) is 0 Å². The third-order valence-corrected chi connectivity index (χ3v) is 3.73. The number of aromatic nitrogens is 2. The molecule has 2 aromatic heterocycles. The van der Waals surface area contributed by atoms with Gasteiger partial charge in [0.15, 0.2) is 0 Å². The van der Waals surface area contributed by atoms with Crippen LogP contribution in [-0.2, 0) is 7.05 Å². The summed E-state index contributed by atoms with van der Waals surface area (Å²) in [7, 11) is 1.77. The van der Waals surface area contributed by atoms with E-state index in [0.29, 0.717) is 32.7 Å². The molecule has 0 aliphatic carbocycles. The van der Waals surface area contributed by atoms with E-state index in [1.165, 1.54) is 0 Å². The lowest BCUT2D eigenvalue weighted by Gasteiger charge is -2.08. The molecule has 0 bridgehead atoms. The first-order valence-corrected chi connectivity index (χ1v) is 6.64. The van der Waals surface area contributed by atoms with Crippen molar-refractivity contribution in [1.29, 1.82) is 0 Å². The van der Waals surface area contributed by atoms with Gasteiger partial charge in [0, 0.05) is 18.2 Å². The zero-order chi connectivity index (χ0) is 14.3. The highest BCUT2D eigenvalue weighted by atomic mass is 35.5. The Morgan fingerprint density at radius 1 is 1.15 bits per heavy atom. The van der Waals surface area contributed by atoms with Crippen molar-refractivity contribution in [3.8, 4) is 22.4 Å². The Kier molecular flexibility index (Phi) is 3.20. The topological polar surface area (TPSA) is 57.0 Å². The van der Waals surface area contributed by atoms with E-state index in [-0.39, 0.29) is 0 Å². The molecule has 0 saturated carbocycles. The zero-order valence-corrected chi connectivity index (χ0v) is 12.1. The van der Waals surface area contributed by atoms with Crippen molar-refractivity contribution in [2.24, 2.45) is 7.05 Å². The van der Waals surface area contributed by atoms with E-state index < -0.39 is 0 Å². The fourth-order valence-corrected chi connectivity index (χ4v) is 2.71. The lowest BCUT2D eigenvalue weighted by molar-refractivity contribution is 0.568. The Hall–Kier alpha value is -1.91. The van der Waals surface area contributed by atoms with Gasteiger partial charge >= 0.3 is 0 Å². The molecule has 0 atom stereocenters. The fourth-order valence-electron chi connectivity index (χ4n) is 2.12. The Labute approximate surface area is 125 Å². The zero-order valence-electron chi connectivity index (χ0n) is 10.6. The number of rotatable bonds is 2. The lowest BCUT2D eigenvalue weighted by Crippen LogP contribution is -1.98. The summed E-state index contributed by atoms with van der Waals surface area (Å²) >= 11 is 12.6. The third-order valence-electron chi connectivity index (χ3n) is 3.10. The van der Waals surface area contributed by atoms with Crippen LogP contribution in [0.2, 0.25) is 10.0 Å². The van der Waals surface area contributed by atoms with Crippen LogP contribution in [-0.4, -0.2) is 9.78 Å². The van der Waals surface area contributed by atoms with Gasteiger partial charge in [0.25, 0.3) is 0 Å². The Morgan fingerprint density at radius 3 is 2.45 bits per heavy atom. The van der Waals surface area contributed by atoms with Crippen LogP contribution < -0.4 is 5.73 Å². The second-order valence-electron chi connectivity index (χ2n) is 4.34. The number of nitrogens with zero attached hydrogens (tertiary/aromatic N) is 2. The molecule has 0 fully saturated rings. The standard InChI is InChI=1S/C14H11Cl2N3O/c1-19-14(17)12(11-9(15)3-2-4-10(11)16)13(18-19)8-5-6-20-7-8/h2-7H,17H2,1H3. The molecule has 3 rings (SSSR count). The first kappa shape index (κ1) is 13.1. The summed E-state index contributed by atoms with van der Waals surface area (Å²) in [6.07, 6.45) is 3.19. The summed E-state index contributed by atoms with van der Waals surface area (Å²) in [6, 6.07) is 7.15. The molecular formula is C14H11Cl2N3O. The van der Waals surface area contributed by atoms with Gasteiger partial charge in [-0.3, -0.25) is 4.68 Å². The van der Waals surface area contributed by atoms with Gasteiger partial charge in [-0.15, -0.1) is 0 Å². The number of halogens is 2. The predicted octanol–water partition coefficient (Wildman–Crippen LogP) is 4.24. The lowest BCUT2D eigenvalue weighted by atomic mass is 10.0. The number of hydrogen-bond acceptors (Lipinski definition) is 3. The number of nitrogen functional groups attached to an aromatic ring is 1. The molecule has 0 aliphatic rings. The summed E-state index contributed by atoms with van der Waals surface area (Å²) in [6.45, 7) is 0. The minimum Gasteiger partial charge on any atom is -0.472 e. The van der Waals surface area contributed by atoms with Gasteiger partial charge < -0.3 is 10.2 Å². The summed E-state index contributed by atoms with van der Waals surface area (Å²) in [5, 5.41) is 5.48. The molecule has 0 amide bonds. The second-order valence-corrected chi connectivity index (χ2v) is 5.16. The van der Waals surface area contributed by atoms with Gasteiger partial charge in [0.05, 0.1) is 28.1 Å². The van der Waals surface area contributed by atoms with E-state index in [9.17, 15) is 0 Å². The molecule has 0 unspecified atom stereocenters. The quantitative estimate of drug-likeness (QED) is 0.770. The van der Waals surface area contributed by atoms with Crippen molar-refractivity contribution < 1.29 is 4.42 Å². The van der Waals surface area contributed by atoms with E-state index in [1.807, 2.05) is 6.07 Å². The largest absolute Gasteiger partial charge is 0.472 e. The molecule has 3 aromatic rings. The maximum absolute atomic E-state index is 6.28. The van der Waals surface area contributed by atoms with Crippen molar-refractivity contribution in [2.75, 3.05) is 5.73 Å². The van der Waals surface area contributed by atoms with Gasteiger partial charge in [0.2, 0.25) is 0 Å². The van der Waals surface area contributed by atoms with Crippen LogP contribution >= 0.6 is 23.2 Å². The highest BCUT2D eigenvalue weighted by Crippen LogP contribution is 2.42. The second kappa shape index (κ2) is 4.89. The summed E-state index contributed by atoms with van der Waals surface area (Å²) < 4.78 is 6.71. The smallest absolute Gasteiger partial charge is 0.130 e. The number of anilines is 1. The molecule has 0 aliphatic heterocycles. The van der Waals surface area contributed by atoms with E-state index in [0.717, 1.165) is 5.56 Å². The average molecular weight is 308 g/mol. The number of furan rings is 1. The van der Waals surface area contributed by atoms with Crippen LogP contribution in [0.25, 0.3) is 22.4 Å². The minimum atomic E-state index is 0.496. The van der Waals surface area contributed by atoms with Gasteiger partial charge in [0.1, 0.15) is 11.5 Å². The van der Waals surface area contributed by atoms with Crippen molar-refractivity contribution in [1.82, 2.24) is 9.78 Å². The SMILES string of the molecule is Cn1nc(-c2ccoc2)c(-c2c(Cl)cccc2Cl)c1N. The normalized spacial score (nSPS) is 10.9. The Bertz CT molecular complexity index is 743. The average Bonchev–Trinajstić information content (AvgIpc) is 3.01. The molecule has 0 saturated heterocycles. The van der Waals surface area contributed by atoms with Gasteiger partial charge in [-0.1, -0.05) is 29.3 Å². The predicted molar refractivity (Wildman–Crippen MR) is 80.8 cm³/mol. The summed E-state index contributed by atoms with van der Waals surface area (Å²) in [4.78, 5) is 0. The molecule has 2 heterocycles. The van der Waals surface area contributed by atoms with Crippen LogP contribution in [0, 0.1) is 0 Å².